The fraction of sp³-hybridized carbons (Fsp3) is 0.333. The number of hydrogen-bond acceptors (Lipinski definition) is 2. The summed E-state index contributed by atoms with van der Waals surface area (Å²) in [6, 6.07) is 7.74. The minimum atomic E-state index is -0.00201. The van der Waals surface area contributed by atoms with Gasteiger partial charge in [0.1, 0.15) is 11.0 Å². The Kier molecular flexibility index (Phi) is 5.38. The summed E-state index contributed by atoms with van der Waals surface area (Å²) in [6.07, 6.45) is 4.78. The second kappa shape index (κ2) is 7.04. The van der Waals surface area contributed by atoms with Crippen LogP contribution in [0, 0.1) is 0 Å². The maximum absolute atomic E-state index is 12.3. The van der Waals surface area contributed by atoms with E-state index in [1.54, 1.807) is 10.8 Å². The molecule has 0 bridgehead atoms. The number of aryl methyl sites for hydroxylation is 1. The molecule has 0 saturated carbocycles. The fourth-order valence-electron chi connectivity index (χ4n) is 1.98. The second-order valence-corrected chi connectivity index (χ2v) is 5.95. The summed E-state index contributed by atoms with van der Waals surface area (Å²) < 4.78 is 2.59. The largest absolute Gasteiger partial charge is 0.274 e. The number of unbranched alkanes of at least 4 members (excludes halogenated alkanes) is 1. The van der Waals surface area contributed by atoms with Gasteiger partial charge < -0.3 is 0 Å². The lowest BCUT2D eigenvalue weighted by Crippen LogP contribution is -2.15. The molecule has 0 N–H and O–H groups in total. The van der Waals surface area contributed by atoms with Gasteiger partial charge in [-0.05, 0) is 24.1 Å². The fourth-order valence-corrected chi connectivity index (χ4v) is 2.44. The van der Waals surface area contributed by atoms with Crippen molar-refractivity contribution in [2.24, 2.45) is 0 Å². The first-order valence-electron chi connectivity index (χ1n) is 6.61. The van der Waals surface area contributed by atoms with Gasteiger partial charge in [-0.3, -0.25) is 9.36 Å². The van der Waals surface area contributed by atoms with Gasteiger partial charge in [0.05, 0.1) is 12.6 Å². The molecule has 106 valence electrons. The molecule has 0 aliphatic heterocycles. The van der Waals surface area contributed by atoms with Crippen molar-refractivity contribution < 1.29 is 4.79 Å². The number of imidazole rings is 1. The molecule has 0 aliphatic rings. The van der Waals surface area contributed by atoms with E-state index < -0.39 is 0 Å². The SMILES string of the molecule is CCCCc1nc(Cl)cn1C(=O)Cc1ccc(Br)cc1. The van der Waals surface area contributed by atoms with Crippen LogP contribution in [0.25, 0.3) is 0 Å². The quantitative estimate of drug-likeness (QED) is 0.790. The predicted molar refractivity (Wildman–Crippen MR) is 84.3 cm³/mol. The summed E-state index contributed by atoms with van der Waals surface area (Å²) in [6.45, 7) is 2.11. The first kappa shape index (κ1) is 15.3. The normalized spacial score (nSPS) is 10.8. The number of halogens is 2. The number of rotatable bonds is 5. The van der Waals surface area contributed by atoms with Crippen molar-refractivity contribution in [2.45, 2.75) is 32.6 Å². The van der Waals surface area contributed by atoms with Crippen molar-refractivity contribution in [3.05, 3.63) is 51.5 Å². The lowest BCUT2D eigenvalue weighted by atomic mass is 10.1. The average molecular weight is 356 g/mol. The van der Waals surface area contributed by atoms with Crippen LogP contribution in [0.2, 0.25) is 5.15 Å². The monoisotopic (exact) mass is 354 g/mol. The zero-order valence-electron chi connectivity index (χ0n) is 11.3. The molecular weight excluding hydrogens is 340 g/mol. The second-order valence-electron chi connectivity index (χ2n) is 4.65. The molecule has 3 nitrogen and oxygen atoms in total. The lowest BCUT2D eigenvalue weighted by Gasteiger charge is -2.06. The van der Waals surface area contributed by atoms with E-state index in [1.807, 2.05) is 24.3 Å². The van der Waals surface area contributed by atoms with Crippen LogP contribution in [0.4, 0.5) is 0 Å². The van der Waals surface area contributed by atoms with Gasteiger partial charge in [0, 0.05) is 10.9 Å². The molecule has 1 aromatic carbocycles. The van der Waals surface area contributed by atoms with Crippen LogP contribution < -0.4 is 0 Å². The molecule has 20 heavy (non-hydrogen) atoms. The molecule has 2 rings (SSSR count). The minimum absolute atomic E-state index is 0.00201. The topological polar surface area (TPSA) is 34.9 Å². The van der Waals surface area contributed by atoms with Crippen molar-refractivity contribution in [3.63, 3.8) is 0 Å². The van der Waals surface area contributed by atoms with Crippen LogP contribution in [0.1, 0.15) is 35.9 Å². The first-order valence-corrected chi connectivity index (χ1v) is 7.78. The molecule has 0 atom stereocenters. The van der Waals surface area contributed by atoms with Crippen LogP contribution in [0.5, 0.6) is 0 Å². The van der Waals surface area contributed by atoms with Crippen LogP contribution in [-0.4, -0.2) is 15.5 Å². The van der Waals surface area contributed by atoms with Crippen molar-refractivity contribution in [2.75, 3.05) is 0 Å². The Morgan fingerprint density at radius 2 is 2.05 bits per heavy atom. The summed E-state index contributed by atoms with van der Waals surface area (Å²) in [5, 5.41) is 0.375. The van der Waals surface area contributed by atoms with E-state index in [1.165, 1.54) is 0 Å². The van der Waals surface area contributed by atoms with Crippen LogP contribution >= 0.6 is 27.5 Å². The van der Waals surface area contributed by atoms with Gasteiger partial charge in [0.2, 0.25) is 5.91 Å². The van der Waals surface area contributed by atoms with E-state index in [0.29, 0.717) is 11.6 Å². The summed E-state index contributed by atoms with van der Waals surface area (Å²) in [5.41, 5.74) is 0.976. The van der Waals surface area contributed by atoms with E-state index in [0.717, 1.165) is 35.1 Å². The molecule has 0 amide bonds. The molecule has 1 aromatic heterocycles. The van der Waals surface area contributed by atoms with Gasteiger partial charge >= 0.3 is 0 Å². The summed E-state index contributed by atoms with van der Waals surface area (Å²) >= 11 is 9.30. The first-order chi connectivity index (χ1) is 9.60. The number of aromatic nitrogens is 2. The molecular formula is C15H16BrClN2O. The lowest BCUT2D eigenvalue weighted by molar-refractivity contribution is 0.0910. The molecule has 0 unspecified atom stereocenters. The highest BCUT2D eigenvalue weighted by Crippen LogP contribution is 2.15. The Morgan fingerprint density at radius 3 is 2.70 bits per heavy atom. The Labute approximate surface area is 132 Å². The molecule has 0 spiro atoms. The highest BCUT2D eigenvalue weighted by Gasteiger charge is 2.13. The van der Waals surface area contributed by atoms with Crippen molar-refractivity contribution >= 4 is 33.4 Å². The van der Waals surface area contributed by atoms with E-state index >= 15 is 0 Å². The molecule has 0 aliphatic carbocycles. The molecule has 0 radical (unpaired) electrons. The van der Waals surface area contributed by atoms with Gasteiger partial charge in [-0.1, -0.05) is 53.0 Å². The number of benzene rings is 1. The Morgan fingerprint density at radius 1 is 1.35 bits per heavy atom. The third-order valence-corrected chi connectivity index (χ3v) is 3.75. The number of carbonyl (C=O) groups is 1. The van der Waals surface area contributed by atoms with Gasteiger partial charge in [-0.25, -0.2) is 4.98 Å². The molecule has 0 saturated heterocycles. The highest BCUT2D eigenvalue weighted by atomic mass is 79.9. The molecule has 0 fully saturated rings. The average Bonchev–Trinajstić information content (AvgIpc) is 2.80. The number of nitrogens with zero attached hydrogens (tertiary/aromatic N) is 2. The Bertz CT molecular complexity index is 592. The van der Waals surface area contributed by atoms with Gasteiger partial charge in [0.15, 0.2) is 0 Å². The Balaban J connectivity index is 2.14. The van der Waals surface area contributed by atoms with Gasteiger partial charge in [-0.15, -0.1) is 0 Å². The third-order valence-electron chi connectivity index (χ3n) is 3.04. The maximum Gasteiger partial charge on any atom is 0.236 e. The smallest absolute Gasteiger partial charge is 0.236 e. The van der Waals surface area contributed by atoms with Gasteiger partial charge in [0.25, 0.3) is 0 Å². The molecule has 1 heterocycles. The minimum Gasteiger partial charge on any atom is -0.274 e. The third kappa shape index (κ3) is 3.93. The number of hydrogen-bond donors (Lipinski definition) is 0. The van der Waals surface area contributed by atoms with Crippen molar-refractivity contribution in [1.82, 2.24) is 9.55 Å². The van der Waals surface area contributed by atoms with Crippen LogP contribution in [-0.2, 0) is 12.8 Å². The van der Waals surface area contributed by atoms with Crippen LogP contribution in [0.3, 0.4) is 0 Å². The summed E-state index contributed by atoms with van der Waals surface area (Å²) in [5.74, 6) is 0.747. The summed E-state index contributed by atoms with van der Waals surface area (Å²) in [4.78, 5) is 16.6. The van der Waals surface area contributed by atoms with Crippen molar-refractivity contribution in [1.29, 1.82) is 0 Å². The molecule has 2 aromatic rings. The summed E-state index contributed by atoms with van der Waals surface area (Å²) in [7, 11) is 0. The zero-order chi connectivity index (χ0) is 14.5. The standard InChI is InChI=1S/C15H16BrClN2O/c1-2-3-4-14-18-13(17)10-19(14)15(20)9-11-5-7-12(16)8-6-11/h5-8,10H,2-4,9H2,1H3. The zero-order valence-corrected chi connectivity index (χ0v) is 13.6. The van der Waals surface area contributed by atoms with E-state index in [4.69, 9.17) is 11.6 Å². The number of carbonyl (C=O) groups excluding carboxylic acids is 1. The highest BCUT2D eigenvalue weighted by molar-refractivity contribution is 9.10. The van der Waals surface area contributed by atoms with Crippen LogP contribution in [0.15, 0.2) is 34.9 Å². The van der Waals surface area contributed by atoms with E-state index in [9.17, 15) is 4.79 Å². The molecule has 5 heteroatoms. The maximum atomic E-state index is 12.3. The Hall–Kier alpha value is -1.13. The predicted octanol–water partition coefficient (Wildman–Crippen LogP) is 4.52. The van der Waals surface area contributed by atoms with E-state index in [2.05, 4.69) is 27.8 Å². The van der Waals surface area contributed by atoms with E-state index in [-0.39, 0.29) is 5.91 Å². The van der Waals surface area contributed by atoms with Gasteiger partial charge in [-0.2, -0.15) is 0 Å². The van der Waals surface area contributed by atoms with Crippen molar-refractivity contribution in [3.8, 4) is 0 Å².